The fourth-order valence-corrected chi connectivity index (χ4v) is 5.90. The highest BCUT2D eigenvalue weighted by atomic mass is 31.2. The topological polar surface area (TPSA) is 46.5 Å². The van der Waals surface area contributed by atoms with Gasteiger partial charge >= 0.3 is 7.60 Å². The normalized spacial score (nSPS) is 15.5. The van der Waals surface area contributed by atoms with Crippen molar-refractivity contribution in [3.05, 3.63) is 12.2 Å². The highest BCUT2D eigenvalue weighted by Gasteiger charge is 2.41. The number of hydrogen-bond donors (Lipinski definition) is 1. The van der Waals surface area contributed by atoms with E-state index in [9.17, 15) is 9.46 Å². The molecule has 180 valence electrons. The van der Waals surface area contributed by atoms with Crippen LogP contribution in [0.25, 0.3) is 0 Å². The molecule has 0 rings (SSSR count). The van der Waals surface area contributed by atoms with Crippen LogP contribution in [0.15, 0.2) is 12.2 Å². The molecule has 2 atom stereocenters. The van der Waals surface area contributed by atoms with Crippen LogP contribution in [0.2, 0.25) is 0 Å². The third kappa shape index (κ3) is 16.5. The lowest BCUT2D eigenvalue weighted by Gasteiger charge is -2.35. The van der Waals surface area contributed by atoms with E-state index in [2.05, 4.69) is 19.1 Å². The average Bonchev–Trinajstić information content (AvgIpc) is 2.67. The lowest BCUT2D eigenvalue weighted by atomic mass is 10.1. The third-order valence-electron chi connectivity index (χ3n) is 5.75. The van der Waals surface area contributed by atoms with Crippen molar-refractivity contribution >= 4 is 7.60 Å². The van der Waals surface area contributed by atoms with Crippen LogP contribution in [0.3, 0.4) is 0 Å². The van der Waals surface area contributed by atoms with Crippen molar-refractivity contribution in [1.82, 2.24) is 0 Å². The lowest BCUT2D eigenvalue weighted by Crippen LogP contribution is -2.45. The molecule has 0 fully saturated rings. The number of hydrogen-bond acceptors (Lipinski definition) is 2. The molecule has 0 spiro atoms. The van der Waals surface area contributed by atoms with Crippen LogP contribution in [0, 0.1) is 0 Å². The van der Waals surface area contributed by atoms with Crippen molar-refractivity contribution in [2.75, 3.05) is 27.7 Å². The summed E-state index contributed by atoms with van der Waals surface area (Å²) in [6, 6.07) is 0. The Hall–Kier alpha value is -0.150. The van der Waals surface area contributed by atoms with Crippen LogP contribution in [0.5, 0.6) is 0 Å². The van der Waals surface area contributed by atoms with Gasteiger partial charge in [-0.1, -0.05) is 83.8 Å². The van der Waals surface area contributed by atoms with Gasteiger partial charge in [-0.3, -0.25) is 4.57 Å². The molecule has 0 aromatic heterocycles. The number of allylic oxidation sites excluding steroid dienone is 2. The Labute approximate surface area is 188 Å². The fourth-order valence-electron chi connectivity index (χ4n) is 3.88. The van der Waals surface area contributed by atoms with Crippen molar-refractivity contribution in [3.63, 3.8) is 0 Å². The molecule has 0 aliphatic rings. The second kappa shape index (κ2) is 18.4. The second-order valence-corrected chi connectivity index (χ2v) is 11.7. The van der Waals surface area contributed by atoms with E-state index >= 15 is 0 Å². The summed E-state index contributed by atoms with van der Waals surface area (Å²) in [7, 11) is 2.33. The predicted octanol–water partition coefficient (Wildman–Crippen LogP) is 8.06. The van der Waals surface area contributed by atoms with E-state index in [0.29, 0.717) is 17.5 Å². The first-order chi connectivity index (χ1) is 14.3. The average molecular weight is 447 g/mol. The molecule has 0 aliphatic carbocycles. The maximum absolute atomic E-state index is 12.6. The lowest BCUT2D eigenvalue weighted by molar-refractivity contribution is -0.883. The van der Waals surface area contributed by atoms with E-state index in [4.69, 9.17) is 4.52 Å². The van der Waals surface area contributed by atoms with Gasteiger partial charge < -0.3 is 13.9 Å². The van der Waals surface area contributed by atoms with Crippen LogP contribution in [-0.2, 0) is 9.09 Å². The van der Waals surface area contributed by atoms with Gasteiger partial charge in [0.25, 0.3) is 0 Å². The van der Waals surface area contributed by atoms with Gasteiger partial charge in [-0.05, 0) is 38.5 Å². The summed E-state index contributed by atoms with van der Waals surface area (Å²) in [6.07, 6.45) is 24.0. The highest BCUT2D eigenvalue weighted by molar-refractivity contribution is 7.53. The molecule has 0 amide bonds. The quantitative estimate of drug-likeness (QED) is 0.0839. The summed E-state index contributed by atoms with van der Waals surface area (Å²) in [5, 5.41) is 0. The molecular weight excluding hydrogens is 393 g/mol. The molecule has 0 saturated heterocycles. The zero-order valence-electron chi connectivity index (χ0n) is 20.9. The summed E-state index contributed by atoms with van der Waals surface area (Å²) in [6.45, 7) is 4.71. The van der Waals surface area contributed by atoms with Crippen LogP contribution in [-0.4, -0.2) is 42.9 Å². The Morgan fingerprint density at radius 2 is 1.23 bits per heavy atom. The fraction of sp³-hybridized carbons (Fsp3) is 0.920. The molecule has 0 aromatic rings. The summed E-state index contributed by atoms with van der Waals surface area (Å²) in [4.78, 5) is 10.4. The maximum atomic E-state index is 12.6. The van der Waals surface area contributed by atoms with E-state index in [-0.39, 0.29) is 5.78 Å². The van der Waals surface area contributed by atoms with Crippen LogP contribution in [0.1, 0.15) is 117 Å². The van der Waals surface area contributed by atoms with Gasteiger partial charge in [-0.15, -0.1) is 0 Å². The van der Waals surface area contributed by atoms with Gasteiger partial charge in [0.1, 0.15) is 0 Å². The summed E-state index contributed by atoms with van der Waals surface area (Å²) < 4.78 is 18.6. The SMILES string of the molecule is CCCCCCCCCC/C=C\CCCCCCOP(=O)(O)C(CCC)[N+](C)(C)C. The molecule has 0 aliphatic heterocycles. The highest BCUT2D eigenvalue weighted by Crippen LogP contribution is 2.51. The largest absolute Gasteiger partial charge is 0.385 e. The molecule has 30 heavy (non-hydrogen) atoms. The van der Waals surface area contributed by atoms with E-state index in [0.717, 1.165) is 32.1 Å². The molecule has 2 unspecified atom stereocenters. The van der Waals surface area contributed by atoms with E-state index in [1.54, 1.807) is 0 Å². The number of rotatable bonds is 21. The number of nitrogens with zero attached hydrogens (tertiary/aromatic N) is 1. The second-order valence-electron chi connectivity index (χ2n) is 9.72. The zero-order chi connectivity index (χ0) is 22.7. The molecule has 0 bridgehead atoms. The predicted molar refractivity (Wildman–Crippen MR) is 132 cm³/mol. The molecule has 5 heteroatoms. The molecule has 0 heterocycles. The Kier molecular flexibility index (Phi) is 18.3. The maximum Gasteiger partial charge on any atom is 0.385 e. The third-order valence-corrected chi connectivity index (χ3v) is 8.01. The number of quaternary nitrogens is 1. The Balaban J connectivity index is 3.63. The molecule has 0 radical (unpaired) electrons. The Morgan fingerprint density at radius 1 is 0.767 bits per heavy atom. The van der Waals surface area contributed by atoms with Gasteiger partial charge in [0.15, 0.2) is 5.78 Å². The first kappa shape index (κ1) is 29.9. The summed E-state index contributed by atoms with van der Waals surface area (Å²) in [5.74, 6) is -0.339. The van der Waals surface area contributed by atoms with E-state index < -0.39 is 7.60 Å². The molecular formula is C25H53NO3P+. The molecule has 4 nitrogen and oxygen atoms in total. The van der Waals surface area contributed by atoms with Crippen molar-refractivity contribution < 1.29 is 18.5 Å². The van der Waals surface area contributed by atoms with Crippen LogP contribution in [0.4, 0.5) is 0 Å². The van der Waals surface area contributed by atoms with Gasteiger partial charge in [0.2, 0.25) is 0 Å². The van der Waals surface area contributed by atoms with Crippen molar-refractivity contribution in [2.45, 2.75) is 122 Å². The smallest absolute Gasteiger partial charge is 0.320 e. The first-order valence-corrected chi connectivity index (χ1v) is 14.3. The van der Waals surface area contributed by atoms with Crippen LogP contribution >= 0.6 is 7.60 Å². The Bertz CT molecular complexity index is 460. The minimum Gasteiger partial charge on any atom is -0.320 e. The molecule has 0 aromatic carbocycles. The first-order valence-electron chi connectivity index (χ1n) is 12.7. The monoisotopic (exact) mass is 446 g/mol. The summed E-state index contributed by atoms with van der Waals surface area (Å²) >= 11 is 0. The standard InChI is InChI=1S/C25H52NO3P/c1-6-8-9-10-11-12-13-14-15-16-17-18-19-20-21-22-24-29-30(27,28)25(23-7-2)26(3,4)5/h16-17,25H,6-15,18-24H2,1-5H3/p+1/b17-16-. The molecule has 1 N–H and O–H groups in total. The summed E-state index contributed by atoms with van der Waals surface area (Å²) in [5.41, 5.74) is 0. The minimum absolute atomic E-state index is 0.339. The van der Waals surface area contributed by atoms with Crippen molar-refractivity contribution in [2.24, 2.45) is 0 Å². The zero-order valence-corrected chi connectivity index (χ0v) is 21.8. The minimum atomic E-state index is -3.57. The Morgan fingerprint density at radius 3 is 1.70 bits per heavy atom. The van der Waals surface area contributed by atoms with Gasteiger partial charge in [-0.25, -0.2) is 0 Å². The van der Waals surface area contributed by atoms with Gasteiger partial charge in [0.05, 0.1) is 27.7 Å². The van der Waals surface area contributed by atoms with E-state index in [1.807, 2.05) is 28.1 Å². The van der Waals surface area contributed by atoms with Crippen molar-refractivity contribution in [1.29, 1.82) is 0 Å². The van der Waals surface area contributed by atoms with Gasteiger partial charge in [0, 0.05) is 6.42 Å². The van der Waals surface area contributed by atoms with Crippen LogP contribution < -0.4 is 0 Å². The van der Waals surface area contributed by atoms with Gasteiger partial charge in [-0.2, -0.15) is 0 Å². The van der Waals surface area contributed by atoms with Crippen molar-refractivity contribution in [3.8, 4) is 0 Å². The number of unbranched alkanes of at least 4 members (excludes halogenated alkanes) is 12. The van der Waals surface area contributed by atoms with E-state index in [1.165, 1.54) is 64.2 Å². The molecule has 0 saturated carbocycles.